The van der Waals surface area contributed by atoms with Crippen molar-refractivity contribution >= 4 is 0 Å². The van der Waals surface area contributed by atoms with Gasteiger partial charge in [0.1, 0.15) is 17.5 Å². The fourth-order valence-corrected chi connectivity index (χ4v) is 4.97. The molecule has 0 N–H and O–H groups in total. The number of imidazole rings is 1. The molecule has 1 heterocycles. The van der Waals surface area contributed by atoms with Crippen LogP contribution in [0.5, 0.6) is 0 Å². The summed E-state index contributed by atoms with van der Waals surface area (Å²) in [5.74, 6) is 0.0899. The summed E-state index contributed by atoms with van der Waals surface area (Å²) in [5, 5.41) is 0. The standard InChI is InChI=1S/C34H33F2N3/c1-2-3-21-39-32(33(27-15-9-5-10-16-27)37-34(39)28-17-11-6-12-18-28)25-38(23-26-13-7-4-8-14-26)24-29-22-30(35)19-20-31(29)36/h4-20,22H,2-3,21,23-25H2,1H3. The lowest BCUT2D eigenvalue weighted by molar-refractivity contribution is 0.237. The van der Waals surface area contributed by atoms with Crippen LogP contribution in [-0.2, 0) is 26.2 Å². The van der Waals surface area contributed by atoms with Gasteiger partial charge in [-0.25, -0.2) is 13.8 Å². The molecule has 0 radical (unpaired) electrons. The molecule has 0 amide bonds. The van der Waals surface area contributed by atoms with E-state index in [9.17, 15) is 8.78 Å². The predicted molar refractivity (Wildman–Crippen MR) is 154 cm³/mol. The zero-order chi connectivity index (χ0) is 27.0. The molecule has 4 aromatic carbocycles. The summed E-state index contributed by atoms with van der Waals surface area (Å²) < 4.78 is 31.3. The van der Waals surface area contributed by atoms with Crippen LogP contribution in [-0.4, -0.2) is 14.5 Å². The summed E-state index contributed by atoms with van der Waals surface area (Å²) in [4.78, 5) is 7.38. The highest BCUT2D eigenvalue weighted by Crippen LogP contribution is 2.32. The van der Waals surface area contributed by atoms with Crippen LogP contribution in [0.4, 0.5) is 8.78 Å². The van der Waals surface area contributed by atoms with E-state index in [1.54, 1.807) is 0 Å². The average Bonchev–Trinajstić information content (AvgIpc) is 3.33. The first-order chi connectivity index (χ1) is 19.1. The van der Waals surface area contributed by atoms with E-state index in [2.05, 4.69) is 52.8 Å². The minimum atomic E-state index is -0.435. The monoisotopic (exact) mass is 521 g/mol. The highest BCUT2D eigenvalue weighted by atomic mass is 19.1. The maximum Gasteiger partial charge on any atom is 0.140 e. The Bertz CT molecular complexity index is 1480. The average molecular weight is 522 g/mol. The highest BCUT2D eigenvalue weighted by molar-refractivity contribution is 5.68. The van der Waals surface area contributed by atoms with E-state index in [1.807, 2.05) is 54.6 Å². The molecule has 0 aliphatic heterocycles. The number of halogens is 2. The Morgan fingerprint density at radius 3 is 2.03 bits per heavy atom. The molecule has 0 spiro atoms. The zero-order valence-corrected chi connectivity index (χ0v) is 22.2. The van der Waals surface area contributed by atoms with Crippen molar-refractivity contribution in [2.24, 2.45) is 0 Å². The molecule has 0 fully saturated rings. The van der Waals surface area contributed by atoms with Crippen LogP contribution in [0.3, 0.4) is 0 Å². The number of hydrogen-bond donors (Lipinski definition) is 0. The van der Waals surface area contributed by atoms with Gasteiger partial charge in [0.2, 0.25) is 0 Å². The minimum Gasteiger partial charge on any atom is -0.326 e. The summed E-state index contributed by atoms with van der Waals surface area (Å²) in [6.45, 7) is 4.39. The van der Waals surface area contributed by atoms with Crippen molar-refractivity contribution < 1.29 is 8.78 Å². The topological polar surface area (TPSA) is 21.1 Å². The first kappa shape index (κ1) is 26.5. The third-order valence-corrected chi connectivity index (χ3v) is 6.91. The van der Waals surface area contributed by atoms with Crippen LogP contribution in [0.15, 0.2) is 109 Å². The first-order valence-corrected chi connectivity index (χ1v) is 13.5. The van der Waals surface area contributed by atoms with Crippen molar-refractivity contribution in [2.75, 3.05) is 0 Å². The van der Waals surface area contributed by atoms with Gasteiger partial charge in [0.25, 0.3) is 0 Å². The molecule has 0 aliphatic carbocycles. The normalized spacial score (nSPS) is 11.3. The lowest BCUT2D eigenvalue weighted by Crippen LogP contribution is -2.25. The van der Waals surface area contributed by atoms with Crippen molar-refractivity contribution in [1.29, 1.82) is 0 Å². The van der Waals surface area contributed by atoms with Crippen LogP contribution in [0.25, 0.3) is 22.6 Å². The molecule has 5 aromatic rings. The molecule has 5 rings (SSSR count). The smallest absolute Gasteiger partial charge is 0.140 e. The largest absolute Gasteiger partial charge is 0.326 e. The molecule has 0 bridgehead atoms. The number of benzene rings is 4. The molecule has 0 aliphatic rings. The molecule has 3 nitrogen and oxygen atoms in total. The van der Waals surface area contributed by atoms with Crippen molar-refractivity contribution in [3.8, 4) is 22.6 Å². The van der Waals surface area contributed by atoms with Crippen LogP contribution in [0.1, 0.15) is 36.6 Å². The van der Waals surface area contributed by atoms with Gasteiger partial charge in [-0.2, -0.15) is 0 Å². The SMILES string of the molecule is CCCCn1c(-c2ccccc2)nc(-c2ccccc2)c1CN(Cc1ccccc1)Cc1cc(F)ccc1F. The summed E-state index contributed by atoms with van der Waals surface area (Å²) in [6, 6.07) is 34.3. The van der Waals surface area contributed by atoms with Crippen molar-refractivity contribution in [3.63, 3.8) is 0 Å². The lowest BCUT2D eigenvalue weighted by atomic mass is 10.1. The Balaban J connectivity index is 1.62. The first-order valence-electron chi connectivity index (χ1n) is 13.5. The Kier molecular flexibility index (Phi) is 8.59. The second-order valence-electron chi connectivity index (χ2n) is 9.83. The van der Waals surface area contributed by atoms with Crippen molar-refractivity contribution in [1.82, 2.24) is 14.5 Å². The third kappa shape index (κ3) is 6.50. The van der Waals surface area contributed by atoms with E-state index < -0.39 is 11.6 Å². The van der Waals surface area contributed by atoms with E-state index in [1.165, 1.54) is 18.2 Å². The van der Waals surface area contributed by atoms with Crippen LogP contribution in [0.2, 0.25) is 0 Å². The van der Waals surface area contributed by atoms with Crippen LogP contribution < -0.4 is 0 Å². The van der Waals surface area contributed by atoms with Gasteiger partial charge in [0, 0.05) is 42.9 Å². The number of aromatic nitrogens is 2. The summed E-state index contributed by atoms with van der Waals surface area (Å²) >= 11 is 0. The highest BCUT2D eigenvalue weighted by Gasteiger charge is 2.22. The predicted octanol–water partition coefficient (Wildman–Crippen LogP) is 8.50. The van der Waals surface area contributed by atoms with Gasteiger partial charge in [-0.05, 0) is 30.2 Å². The van der Waals surface area contributed by atoms with Crippen molar-refractivity contribution in [2.45, 2.75) is 45.9 Å². The van der Waals surface area contributed by atoms with Gasteiger partial charge in [0.15, 0.2) is 0 Å². The Morgan fingerprint density at radius 1 is 0.718 bits per heavy atom. The molecule has 0 atom stereocenters. The Morgan fingerprint density at radius 2 is 1.36 bits per heavy atom. The molecule has 198 valence electrons. The quantitative estimate of drug-likeness (QED) is 0.174. The van der Waals surface area contributed by atoms with Crippen LogP contribution >= 0.6 is 0 Å². The van der Waals surface area contributed by atoms with Crippen LogP contribution in [0, 0.1) is 11.6 Å². The van der Waals surface area contributed by atoms with Gasteiger partial charge in [-0.3, -0.25) is 4.90 Å². The van der Waals surface area contributed by atoms with Gasteiger partial charge < -0.3 is 4.57 Å². The van der Waals surface area contributed by atoms with Gasteiger partial charge in [-0.1, -0.05) is 104 Å². The summed E-state index contributed by atoms with van der Waals surface area (Å²) in [6.07, 6.45) is 2.06. The summed E-state index contributed by atoms with van der Waals surface area (Å²) in [5.41, 5.74) is 5.54. The fraction of sp³-hybridized carbons (Fsp3) is 0.206. The maximum absolute atomic E-state index is 14.8. The molecule has 39 heavy (non-hydrogen) atoms. The molecule has 0 saturated heterocycles. The lowest BCUT2D eigenvalue weighted by Gasteiger charge is -2.25. The van der Waals surface area contributed by atoms with Gasteiger partial charge in [0.05, 0.1) is 11.4 Å². The third-order valence-electron chi connectivity index (χ3n) is 6.91. The molecule has 0 saturated carbocycles. The Hall–Kier alpha value is -4.09. The number of hydrogen-bond acceptors (Lipinski definition) is 2. The molecule has 0 unspecified atom stereocenters. The minimum absolute atomic E-state index is 0.270. The van der Waals surface area contributed by atoms with E-state index >= 15 is 0 Å². The molecular weight excluding hydrogens is 488 g/mol. The fourth-order valence-electron chi connectivity index (χ4n) is 4.97. The molecular formula is C34H33F2N3. The number of rotatable bonds is 11. The zero-order valence-electron chi connectivity index (χ0n) is 22.2. The van der Waals surface area contributed by atoms with E-state index in [0.29, 0.717) is 18.7 Å². The maximum atomic E-state index is 14.8. The second kappa shape index (κ2) is 12.6. The van der Waals surface area contributed by atoms with Gasteiger partial charge >= 0.3 is 0 Å². The Labute approximate surface area is 229 Å². The van der Waals surface area contributed by atoms with Gasteiger partial charge in [-0.15, -0.1) is 0 Å². The molecule has 5 heteroatoms. The second-order valence-corrected chi connectivity index (χ2v) is 9.83. The van der Waals surface area contributed by atoms with E-state index in [-0.39, 0.29) is 6.54 Å². The summed E-state index contributed by atoms with van der Waals surface area (Å²) in [7, 11) is 0. The number of nitrogens with zero attached hydrogens (tertiary/aromatic N) is 3. The van der Waals surface area contributed by atoms with E-state index in [0.717, 1.165) is 53.3 Å². The molecule has 1 aromatic heterocycles. The van der Waals surface area contributed by atoms with Crippen molar-refractivity contribution in [3.05, 3.63) is 138 Å². The van der Waals surface area contributed by atoms with E-state index in [4.69, 9.17) is 4.98 Å². The number of unbranched alkanes of at least 4 members (excludes halogenated alkanes) is 1.